The lowest BCUT2D eigenvalue weighted by Gasteiger charge is -2.14. The Bertz CT molecular complexity index is 2530. The van der Waals surface area contributed by atoms with Crippen molar-refractivity contribution in [1.82, 2.24) is 9.13 Å². The molecule has 2 nitrogen and oxygen atoms in total. The van der Waals surface area contributed by atoms with E-state index in [1.165, 1.54) is 71.6 Å². The van der Waals surface area contributed by atoms with E-state index in [-0.39, 0.29) is 0 Å². The summed E-state index contributed by atoms with van der Waals surface area (Å²) < 4.78 is 4.72. The van der Waals surface area contributed by atoms with Crippen molar-refractivity contribution < 1.29 is 0 Å². The average molecular weight is 587 g/mol. The van der Waals surface area contributed by atoms with E-state index in [1.807, 2.05) is 6.08 Å². The van der Waals surface area contributed by atoms with Crippen LogP contribution in [0.15, 0.2) is 170 Å². The van der Waals surface area contributed by atoms with Gasteiger partial charge in [-0.15, -0.1) is 0 Å². The fraction of sp³-hybridized carbons (Fsp3) is 0. The zero-order valence-electron chi connectivity index (χ0n) is 25.3. The minimum atomic E-state index is 1.14. The molecule has 0 N–H and O–H groups in total. The van der Waals surface area contributed by atoms with E-state index in [1.54, 1.807) is 0 Å². The van der Waals surface area contributed by atoms with Crippen molar-refractivity contribution in [2.24, 2.45) is 0 Å². The summed E-state index contributed by atoms with van der Waals surface area (Å²) in [7, 11) is 0. The van der Waals surface area contributed by atoms with Gasteiger partial charge in [0.1, 0.15) is 0 Å². The molecule has 0 aliphatic heterocycles. The summed E-state index contributed by atoms with van der Waals surface area (Å²) in [4.78, 5) is 0. The van der Waals surface area contributed by atoms with Crippen LogP contribution in [0.1, 0.15) is 5.56 Å². The minimum Gasteiger partial charge on any atom is -0.309 e. The van der Waals surface area contributed by atoms with E-state index < -0.39 is 0 Å². The van der Waals surface area contributed by atoms with Crippen LogP contribution in [0.2, 0.25) is 0 Å². The summed E-state index contributed by atoms with van der Waals surface area (Å²) in [6, 6.07) is 59.0. The van der Waals surface area contributed by atoms with E-state index in [0.29, 0.717) is 0 Å². The number of hydrogen-bond donors (Lipinski definition) is 0. The Morgan fingerprint density at radius 2 is 0.826 bits per heavy atom. The lowest BCUT2D eigenvalue weighted by atomic mass is 9.91. The van der Waals surface area contributed by atoms with Crippen LogP contribution in [0.25, 0.3) is 83.3 Å². The fourth-order valence-corrected chi connectivity index (χ4v) is 7.28. The van der Waals surface area contributed by atoms with Crippen LogP contribution >= 0.6 is 0 Å². The van der Waals surface area contributed by atoms with Crippen LogP contribution in [0.3, 0.4) is 0 Å². The second-order valence-electron chi connectivity index (χ2n) is 11.8. The smallest absolute Gasteiger partial charge is 0.0541 e. The maximum atomic E-state index is 4.28. The SMILES string of the molecule is C=Cc1c(-c2ccc(-n3c4ccccc4c4ccccc43)cc2)cccc1-c1ccc2c(c1)c1ccccc1n2-c1ccccc1. The zero-order valence-corrected chi connectivity index (χ0v) is 25.3. The van der Waals surface area contributed by atoms with Crippen molar-refractivity contribution in [3.05, 3.63) is 176 Å². The highest BCUT2D eigenvalue weighted by Gasteiger charge is 2.16. The molecule has 0 bridgehead atoms. The van der Waals surface area contributed by atoms with Crippen LogP contribution < -0.4 is 0 Å². The molecule has 2 heterocycles. The third-order valence-corrected chi connectivity index (χ3v) is 9.32. The van der Waals surface area contributed by atoms with Gasteiger partial charge in [0, 0.05) is 32.9 Å². The van der Waals surface area contributed by atoms with Gasteiger partial charge in [-0.2, -0.15) is 0 Å². The maximum absolute atomic E-state index is 4.28. The highest BCUT2D eigenvalue weighted by molar-refractivity contribution is 6.11. The van der Waals surface area contributed by atoms with Gasteiger partial charge < -0.3 is 9.13 Å². The Hall–Kier alpha value is -6.12. The van der Waals surface area contributed by atoms with Crippen molar-refractivity contribution >= 4 is 49.7 Å². The number of benzene rings is 7. The molecule has 0 amide bonds. The van der Waals surface area contributed by atoms with E-state index in [2.05, 4.69) is 180 Å². The van der Waals surface area contributed by atoms with Gasteiger partial charge in [-0.1, -0.05) is 122 Å². The topological polar surface area (TPSA) is 9.86 Å². The highest BCUT2D eigenvalue weighted by Crippen LogP contribution is 2.39. The molecule has 216 valence electrons. The quantitative estimate of drug-likeness (QED) is 0.190. The van der Waals surface area contributed by atoms with Gasteiger partial charge in [0.2, 0.25) is 0 Å². The largest absolute Gasteiger partial charge is 0.309 e. The van der Waals surface area contributed by atoms with Crippen LogP contribution in [-0.2, 0) is 0 Å². The van der Waals surface area contributed by atoms with Crippen molar-refractivity contribution in [3.8, 4) is 33.6 Å². The third-order valence-electron chi connectivity index (χ3n) is 9.32. The molecule has 0 spiro atoms. The summed E-state index contributed by atoms with van der Waals surface area (Å²) in [6.07, 6.45) is 2.00. The lowest BCUT2D eigenvalue weighted by molar-refractivity contribution is 1.18. The minimum absolute atomic E-state index is 1.14. The van der Waals surface area contributed by atoms with E-state index in [9.17, 15) is 0 Å². The Morgan fingerprint density at radius 1 is 0.370 bits per heavy atom. The van der Waals surface area contributed by atoms with Crippen molar-refractivity contribution in [2.45, 2.75) is 0 Å². The maximum Gasteiger partial charge on any atom is 0.0541 e. The Kier molecular flexibility index (Phi) is 6.00. The predicted octanol–water partition coefficient (Wildman–Crippen LogP) is 11.9. The lowest BCUT2D eigenvalue weighted by Crippen LogP contribution is -1.94. The van der Waals surface area contributed by atoms with Gasteiger partial charge in [-0.3, -0.25) is 0 Å². The first kappa shape index (κ1) is 26.3. The molecular weight excluding hydrogens is 556 g/mol. The van der Waals surface area contributed by atoms with Crippen molar-refractivity contribution in [1.29, 1.82) is 0 Å². The van der Waals surface area contributed by atoms with E-state index in [0.717, 1.165) is 11.3 Å². The molecule has 0 fully saturated rings. The predicted molar refractivity (Wildman–Crippen MR) is 196 cm³/mol. The molecule has 9 aromatic rings. The zero-order chi connectivity index (χ0) is 30.6. The summed E-state index contributed by atoms with van der Waals surface area (Å²) in [5.74, 6) is 0. The molecule has 2 aromatic heterocycles. The van der Waals surface area contributed by atoms with Gasteiger partial charge in [0.05, 0.1) is 22.1 Å². The molecule has 0 unspecified atom stereocenters. The number of nitrogens with zero attached hydrogens (tertiary/aromatic N) is 2. The molecule has 7 aromatic carbocycles. The summed E-state index contributed by atoms with van der Waals surface area (Å²) >= 11 is 0. The fourth-order valence-electron chi connectivity index (χ4n) is 7.28. The molecule has 0 saturated carbocycles. The molecule has 0 aliphatic carbocycles. The Morgan fingerprint density at radius 3 is 1.41 bits per heavy atom. The Labute approximate surface area is 267 Å². The summed E-state index contributed by atoms with van der Waals surface area (Å²) in [5.41, 5.74) is 13.0. The molecule has 2 heteroatoms. The van der Waals surface area contributed by atoms with Crippen molar-refractivity contribution in [2.75, 3.05) is 0 Å². The van der Waals surface area contributed by atoms with Crippen molar-refractivity contribution in [3.63, 3.8) is 0 Å². The monoisotopic (exact) mass is 586 g/mol. The number of aromatic nitrogens is 2. The van der Waals surface area contributed by atoms with Gasteiger partial charge in [0.15, 0.2) is 0 Å². The third kappa shape index (κ3) is 3.97. The molecule has 0 atom stereocenters. The van der Waals surface area contributed by atoms with Gasteiger partial charge in [-0.05, 0) is 82.4 Å². The van der Waals surface area contributed by atoms with E-state index in [4.69, 9.17) is 0 Å². The van der Waals surface area contributed by atoms with Crippen LogP contribution in [0, 0.1) is 0 Å². The molecule has 0 aliphatic rings. The van der Waals surface area contributed by atoms with Crippen LogP contribution in [-0.4, -0.2) is 9.13 Å². The Balaban J connectivity index is 1.16. The van der Waals surface area contributed by atoms with E-state index >= 15 is 0 Å². The first-order chi connectivity index (χ1) is 22.8. The van der Waals surface area contributed by atoms with Crippen LogP contribution in [0.5, 0.6) is 0 Å². The second-order valence-corrected chi connectivity index (χ2v) is 11.8. The van der Waals surface area contributed by atoms with Gasteiger partial charge in [0.25, 0.3) is 0 Å². The average Bonchev–Trinajstić information content (AvgIpc) is 3.64. The first-order valence-electron chi connectivity index (χ1n) is 15.7. The van der Waals surface area contributed by atoms with Gasteiger partial charge in [-0.25, -0.2) is 0 Å². The number of hydrogen-bond acceptors (Lipinski definition) is 0. The number of rotatable bonds is 5. The van der Waals surface area contributed by atoms with Crippen LogP contribution in [0.4, 0.5) is 0 Å². The molecule has 46 heavy (non-hydrogen) atoms. The standard InChI is InChI=1S/C44H30N2/c1-2-34-35(30-23-26-33(27-24-30)46-41-20-9-6-15-37(41)38-16-7-10-21-42(38)46)18-12-19-36(34)31-25-28-44-40(29-31)39-17-8-11-22-43(39)45(44)32-13-4-3-5-14-32/h2-29H,1H2. The second kappa shape index (κ2) is 10.5. The molecular formula is C44H30N2. The molecule has 9 rings (SSSR count). The highest BCUT2D eigenvalue weighted by atomic mass is 15.0. The number of para-hydroxylation sites is 4. The first-order valence-corrected chi connectivity index (χ1v) is 15.7. The number of fused-ring (bicyclic) bond motifs is 6. The molecule has 0 saturated heterocycles. The normalized spacial score (nSPS) is 11.6. The molecule has 0 radical (unpaired) electrons. The summed E-state index contributed by atoms with van der Waals surface area (Å²) in [6.45, 7) is 4.28. The summed E-state index contributed by atoms with van der Waals surface area (Å²) in [5, 5.41) is 5.04. The van der Waals surface area contributed by atoms with Gasteiger partial charge >= 0.3 is 0 Å².